The molecule has 3 unspecified atom stereocenters. The lowest BCUT2D eigenvalue weighted by Crippen LogP contribution is -2.33. The van der Waals surface area contributed by atoms with E-state index in [-0.39, 0.29) is 11.3 Å². The number of aliphatic carboxylic acids is 1. The first-order valence-electron chi connectivity index (χ1n) is 5.67. The van der Waals surface area contributed by atoms with E-state index < -0.39 is 5.97 Å². The second kappa shape index (κ2) is 3.27. The molecule has 16 heavy (non-hydrogen) atoms. The van der Waals surface area contributed by atoms with Crippen LogP contribution in [0.3, 0.4) is 0 Å². The minimum absolute atomic E-state index is 0.205. The van der Waals surface area contributed by atoms with Gasteiger partial charge in [0, 0.05) is 11.6 Å². The van der Waals surface area contributed by atoms with E-state index >= 15 is 0 Å². The molecule has 0 aromatic carbocycles. The number of nitrogens with zero attached hydrogens (tertiary/aromatic N) is 2. The summed E-state index contributed by atoms with van der Waals surface area (Å²) in [7, 11) is 0. The van der Waals surface area contributed by atoms with Gasteiger partial charge in [0.2, 0.25) is 0 Å². The van der Waals surface area contributed by atoms with E-state index in [1.807, 2.05) is 6.07 Å². The maximum atomic E-state index is 11.3. The molecule has 2 saturated carbocycles. The first-order valence-corrected chi connectivity index (χ1v) is 5.67. The Morgan fingerprint density at radius 3 is 3.12 bits per heavy atom. The largest absolute Gasteiger partial charge is 0.481 e. The number of fused-ring (bicyclic) bond motifs is 1. The highest BCUT2D eigenvalue weighted by Crippen LogP contribution is 2.64. The minimum atomic E-state index is -0.680. The normalized spacial score (nSPS) is 36.5. The van der Waals surface area contributed by atoms with E-state index in [0.717, 1.165) is 31.4 Å². The van der Waals surface area contributed by atoms with Gasteiger partial charge in [-0.25, -0.2) is 9.97 Å². The standard InChI is InChI=1S/C12H13N2O2/c15-11(16)9-3-1-2-8-6-12(8,9)10-4-5-13-7-14-10/h4-5,8-9H,1-3,6H2,(H,15,16). The Kier molecular flexibility index (Phi) is 1.99. The number of rotatable bonds is 2. The molecule has 0 amide bonds. The molecule has 83 valence electrons. The van der Waals surface area contributed by atoms with Gasteiger partial charge in [-0.1, -0.05) is 6.42 Å². The molecule has 1 aromatic rings. The van der Waals surface area contributed by atoms with Gasteiger partial charge < -0.3 is 5.11 Å². The summed E-state index contributed by atoms with van der Waals surface area (Å²) in [5.74, 6) is -0.444. The van der Waals surface area contributed by atoms with Crippen LogP contribution in [0.1, 0.15) is 31.4 Å². The molecule has 2 aliphatic carbocycles. The third-order valence-electron chi connectivity index (χ3n) is 4.13. The molecule has 1 radical (unpaired) electrons. The van der Waals surface area contributed by atoms with Crippen molar-refractivity contribution in [2.24, 2.45) is 11.8 Å². The SMILES string of the molecule is O=C(O)C1CCCC2CC21c1ccn[c]n1. The van der Waals surface area contributed by atoms with Crippen LogP contribution in [0, 0.1) is 18.2 Å². The third-order valence-corrected chi connectivity index (χ3v) is 4.13. The summed E-state index contributed by atoms with van der Waals surface area (Å²) >= 11 is 0. The first kappa shape index (κ1) is 9.75. The first-order chi connectivity index (χ1) is 7.75. The minimum Gasteiger partial charge on any atom is -0.481 e. The molecule has 1 heterocycles. The molecule has 3 atom stereocenters. The molecule has 0 spiro atoms. The molecule has 0 aliphatic heterocycles. The highest BCUT2D eigenvalue weighted by molar-refractivity contribution is 5.74. The zero-order chi connectivity index (χ0) is 11.2. The molecule has 1 aromatic heterocycles. The van der Waals surface area contributed by atoms with Crippen molar-refractivity contribution in [1.82, 2.24) is 9.97 Å². The zero-order valence-corrected chi connectivity index (χ0v) is 8.89. The van der Waals surface area contributed by atoms with Crippen LogP contribution in [0.5, 0.6) is 0 Å². The molecule has 2 fully saturated rings. The quantitative estimate of drug-likeness (QED) is 0.813. The van der Waals surface area contributed by atoms with Crippen molar-refractivity contribution < 1.29 is 9.90 Å². The van der Waals surface area contributed by atoms with Crippen LogP contribution in [0.2, 0.25) is 0 Å². The molecule has 0 saturated heterocycles. The fourth-order valence-electron chi connectivity index (χ4n) is 3.32. The monoisotopic (exact) mass is 217 g/mol. The van der Waals surface area contributed by atoms with E-state index in [4.69, 9.17) is 0 Å². The number of hydrogen-bond acceptors (Lipinski definition) is 3. The average molecular weight is 217 g/mol. The van der Waals surface area contributed by atoms with Gasteiger partial charge in [-0.3, -0.25) is 4.79 Å². The van der Waals surface area contributed by atoms with Crippen molar-refractivity contribution in [3.63, 3.8) is 0 Å². The van der Waals surface area contributed by atoms with Crippen molar-refractivity contribution >= 4 is 5.97 Å². The Labute approximate surface area is 93.7 Å². The van der Waals surface area contributed by atoms with E-state index in [1.165, 1.54) is 0 Å². The van der Waals surface area contributed by atoms with Gasteiger partial charge >= 0.3 is 5.97 Å². The Bertz CT molecular complexity index is 420. The van der Waals surface area contributed by atoms with Crippen LogP contribution in [-0.2, 0) is 10.2 Å². The second-order valence-corrected chi connectivity index (χ2v) is 4.81. The molecular formula is C12H13N2O2. The smallest absolute Gasteiger partial charge is 0.307 e. The fraction of sp³-hybridized carbons (Fsp3) is 0.583. The van der Waals surface area contributed by atoms with Crippen LogP contribution in [0.25, 0.3) is 0 Å². The summed E-state index contributed by atoms with van der Waals surface area (Å²) in [6.07, 6.45) is 8.13. The number of aromatic nitrogens is 2. The molecule has 0 bridgehead atoms. The maximum Gasteiger partial charge on any atom is 0.307 e. The van der Waals surface area contributed by atoms with Crippen molar-refractivity contribution in [3.8, 4) is 0 Å². The summed E-state index contributed by atoms with van der Waals surface area (Å²) in [4.78, 5) is 19.2. The Balaban J connectivity index is 2.01. The predicted molar refractivity (Wildman–Crippen MR) is 55.6 cm³/mol. The molecule has 1 N–H and O–H groups in total. The second-order valence-electron chi connectivity index (χ2n) is 4.81. The summed E-state index contributed by atoms with van der Waals surface area (Å²) < 4.78 is 0. The molecule has 4 heteroatoms. The van der Waals surface area contributed by atoms with Gasteiger partial charge in [0.15, 0.2) is 6.33 Å². The van der Waals surface area contributed by atoms with Crippen molar-refractivity contribution in [3.05, 3.63) is 24.3 Å². The highest BCUT2D eigenvalue weighted by Gasteiger charge is 2.64. The van der Waals surface area contributed by atoms with Gasteiger partial charge in [-0.15, -0.1) is 0 Å². The Hall–Kier alpha value is -1.45. The highest BCUT2D eigenvalue weighted by atomic mass is 16.4. The fourth-order valence-corrected chi connectivity index (χ4v) is 3.32. The van der Waals surface area contributed by atoms with E-state index in [0.29, 0.717) is 5.92 Å². The van der Waals surface area contributed by atoms with Gasteiger partial charge in [0.05, 0.1) is 11.6 Å². The summed E-state index contributed by atoms with van der Waals surface area (Å²) in [6.45, 7) is 0. The van der Waals surface area contributed by atoms with Crippen molar-refractivity contribution in [2.45, 2.75) is 31.1 Å². The Morgan fingerprint density at radius 1 is 1.56 bits per heavy atom. The Morgan fingerprint density at radius 2 is 2.44 bits per heavy atom. The van der Waals surface area contributed by atoms with Crippen LogP contribution in [0.15, 0.2) is 12.3 Å². The molecule has 4 nitrogen and oxygen atoms in total. The summed E-state index contributed by atoms with van der Waals surface area (Å²) in [5, 5.41) is 9.31. The third kappa shape index (κ3) is 1.19. The van der Waals surface area contributed by atoms with Gasteiger partial charge in [-0.2, -0.15) is 0 Å². The number of carbonyl (C=O) groups is 1. The van der Waals surface area contributed by atoms with Crippen LogP contribution >= 0.6 is 0 Å². The van der Waals surface area contributed by atoms with Crippen LogP contribution < -0.4 is 0 Å². The lowest BCUT2D eigenvalue weighted by Gasteiger charge is -2.28. The number of carboxylic acid groups (broad SMARTS) is 1. The molecule has 3 rings (SSSR count). The van der Waals surface area contributed by atoms with Gasteiger partial charge in [0.1, 0.15) is 0 Å². The number of hydrogen-bond donors (Lipinski definition) is 1. The summed E-state index contributed by atoms with van der Waals surface area (Å²) in [6, 6.07) is 1.84. The van der Waals surface area contributed by atoms with E-state index in [2.05, 4.69) is 16.3 Å². The van der Waals surface area contributed by atoms with Crippen molar-refractivity contribution in [2.75, 3.05) is 0 Å². The molecule has 2 aliphatic rings. The molecular weight excluding hydrogens is 204 g/mol. The van der Waals surface area contributed by atoms with E-state index in [1.54, 1.807) is 6.20 Å². The maximum absolute atomic E-state index is 11.3. The van der Waals surface area contributed by atoms with Gasteiger partial charge in [0.25, 0.3) is 0 Å². The number of carboxylic acids is 1. The topological polar surface area (TPSA) is 63.1 Å². The summed E-state index contributed by atoms with van der Waals surface area (Å²) in [5.41, 5.74) is 0.670. The van der Waals surface area contributed by atoms with Gasteiger partial charge in [-0.05, 0) is 31.2 Å². The average Bonchev–Trinajstić information content (AvgIpc) is 3.05. The zero-order valence-electron chi connectivity index (χ0n) is 8.89. The van der Waals surface area contributed by atoms with Crippen LogP contribution in [0.4, 0.5) is 0 Å². The lowest BCUT2D eigenvalue weighted by molar-refractivity contribution is -0.144. The van der Waals surface area contributed by atoms with E-state index in [9.17, 15) is 9.90 Å². The van der Waals surface area contributed by atoms with Crippen molar-refractivity contribution in [1.29, 1.82) is 0 Å². The van der Waals surface area contributed by atoms with Crippen LogP contribution in [-0.4, -0.2) is 21.0 Å². The lowest BCUT2D eigenvalue weighted by atomic mass is 9.76. The predicted octanol–water partition coefficient (Wildman–Crippen LogP) is 1.42.